The van der Waals surface area contributed by atoms with E-state index in [1.165, 1.54) is 12.8 Å². The van der Waals surface area contributed by atoms with Crippen LogP contribution in [0.25, 0.3) is 0 Å². The van der Waals surface area contributed by atoms with Crippen molar-refractivity contribution in [3.63, 3.8) is 0 Å². The highest BCUT2D eigenvalue weighted by Gasteiger charge is 2.24. The molecule has 0 amide bonds. The Balaban J connectivity index is 2.03. The number of rotatable bonds is 2. The van der Waals surface area contributed by atoms with E-state index in [-0.39, 0.29) is 0 Å². The van der Waals surface area contributed by atoms with Gasteiger partial charge in [-0.3, -0.25) is 0 Å². The average molecular weight is 210 g/mol. The fourth-order valence-corrected chi connectivity index (χ4v) is 2.10. The second-order valence-electron chi connectivity index (χ2n) is 4.62. The summed E-state index contributed by atoms with van der Waals surface area (Å²) in [6.45, 7) is 3.92. The topological polar surface area (TPSA) is 59.2 Å². The smallest absolute Gasteiger partial charge is 0.255 e. The van der Waals surface area contributed by atoms with E-state index in [0.29, 0.717) is 11.8 Å². The molecule has 1 aliphatic rings. The molecule has 0 aromatic carbocycles. The van der Waals surface area contributed by atoms with Crippen LogP contribution in [0.1, 0.15) is 63.3 Å². The van der Waals surface area contributed by atoms with Crippen molar-refractivity contribution in [3.8, 4) is 0 Å². The van der Waals surface area contributed by atoms with E-state index in [1.54, 1.807) is 6.92 Å². The van der Waals surface area contributed by atoms with Gasteiger partial charge in [0.1, 0.15) is 6.10 Å². The molecule has 1 saturated carbocycles. The Labute approximate surface area is 89.7 Å². The summed E-state index contributed by atoms with van der Waals surface area (Å²) in [4.78, 5) is 4.23. The van der Waals surface area contributed by atoms with Gasteiger partial charge in [-0.2, -0.15) is 4.98 Å². The van der Waals surface area contributed by atoms with Gasteiger partial charge in [-0.05, 0) is 25.7 Å². The van der Waals surface area contributed by atoms with Gasteiger partial charge in [0, 0.05) is 5.92 Å². The zero-order valence-electron chi connectivity index (χ0n) is 9.31. The van der Waals surface area contributed by atoms with Gasteiger partial charge >= 0.3 is 0 Å². The van der Waals surface area contributed by atoms with Crippen molar-refractivity contribution in [2.75, 3.05) is 0 Å². The number of hydrogen-bond acceptors (Lipinski definition) is 4. The minimum absolute atomic E-state index is 0.337. The van der Waals surface area contributed by atoms with Gasteiger partial charge in [0.15, 0.2) is 5.82 Å². The zero-order valence-corrected chi connectivity index (χ0v) is 9.31. The van der Waals surface area contributed by atoms with Crippen LogP contribution in [0.4, 0.5) is 0 Å². The van der Waals surface area contributed by atoms with E-state index < -0.39 is 6.10 Å². The molecule has 0 saturated heterocycles. The molecule has 0 bridgehead atoms. The molecule has 4 nitrogen and oxygen atoms in total. The molecule has 4 heteroatoms. The number of aromatic nitrogens is 2. The van der Waals surface area contributed by atoms with Crippen molar-refractivity contribution < 1.29 is 9.63 Å². The molecule has 1 aromatic heterocycles. The van der Waals surface area contributed by atoms with Crippen LogP contribution in [0.2, 0.25) is 0 Å². The van der Waals surface area contributed by atoms with Crippen LogP contribution < -0.4 is 0 Å². The van der Waals surface area contributed by atoms with Crippen LogP contribution in [0.5, 0.6) is 0 Å². The predicted molar refractivity (Wildman–Crippen MR) is 55.3 cm³/mol. The summed E-state index contributed by atoms with van der Waals surface area (Å²) in [7, 11) is 0. The Hall–Kier alpha value is -0.900. The van der Waals surface area contributed by atoms with Gasteiger partial charge in [-0.15, -0.1) is 0 Å². The number of aliphatic hydroxyl groups is 1. The first-order valence-electron chi connectivity index (χ1n) is 5.68. The van der Waals surface area contributed by atoms with Crippen LogP contribution in [0.3, 0.4) is 0 Å². The first kappa shape index (κ1) is 10.6. The van der Waals surface area contributed by atoms with E-state index in [0.717, 1.165) is 24.6 Å². The van der Waals surface area contributed by atoms with Crippen LogP contribution in [-0.4, -0.2) is 15.2 Å². The van der Waals surface area contributed by atoms with Crippen molar-refractivity contribution in [2.45, 2.75) is 51.6 Å². The third kappa shape index (κ3) is 2.37. The highest BCUT2D eigenvalue weighted by Crippen LogP contribution is 2.34. The molecule has 0 spiro atoms. The summed E-state index contributed by atoms with van der Waals surface area (Å²) < 4.78 is 5.00. The Morgan fingerprint density at radius 1 is 1.33 bits per heavy atom. The number of nitrogens with zero attached hydrogens (tertiary/aromatic N) is 2. The lowest BCUT2D eigenvalue weighted by atomic mass is 9.83. The summed E-state index contributed by atoms with van der Waals surface area (Å²) in [5.41, 5.74) is 0. The summed E-state index contributed by atoms with van der Waals surface area (Å²) in [5.74, 6) is 2.36. The fourth-order valence-electron chi connectivity index (χ4n) is 2.10. The molecule has 1 atom stereocenters. The summed E-state index contributed by atoms with van der Waals surface area (Å²) >= 11 is 0. The lowest BCUT2D eigenvalue weighted by molar-refractivity contribution is 0.151. The average Bonchev–Trinajstić information content (AvgIpc) is 2.68. The highest BCUT2D eigenvalue weighted by molar-refractivity contribution is 4.98. The molecule has 1 fully saturated rings. The molecule has 1 aliphatic carbocycles. The Kier molecular flexibility index (Phi) is 3.05. The molecule has 84 valence electrons. The lowest BCUT2D eigenvalue weighted by Gasteiger charge is -2.23. The van der Waals surface area contributed by atoms with Crippen LogP contribution in [-0.2, 0) is 0 Å². The van der Waals surface area contributed by atoms with Crippen LogP contribution in [0, 0.1) is 5.92 Å². The van der Waals surface area contributed by atoms with E-state index in [4.69, 9.17) is 4.52 Å². The maximum Gasteiger partial charge on any atom is 0.255 e. The van der Waals surface area contributed by atoms with E-state index in [2.05, 4.69) is 17.1 Å². The van der Waals surface area contributed by atoms with Gasteiger partial charge in [0.05, 0.1) is 0 Å². The van der Waals surface area contributed by atoms with E-state index >= 15 is 0 Å². The van der Waals surface area contributed by atoms with E-state index in [1.807, 2.05) is 0 Å². The maximum atomic E-state index is 9.28. The SMILES string of the molecule is CC1CCC(c2noc(C(C)O)n2)CC1. The molecule has 0 radical (unpaired) electrons. The predicted octanol–water partition coefficient (Wildman–Crippen LogP) is 2.42. The molecule has 0 aliphatic heterocycles. The van der Waals surface area contributed by atoms with Crippen LogP contribution in [0.15, 0.2) is 4.52 Å². The van der Waals surface area contributed by atoms with Gasteiger partial charge < -0.3 is 9.63 Å². The number of aliphatic hydroxyl groups excluding tert-OH is 1. The normalized spacial score (nSPS) is 29.0. The minimum Gasteiger partial charge on any atom is -0.384 e. The summed E-state index contributed by atoms with van der Waals surface area (Å²) in [6, 6.07) is 0. The Morgan fingerprint density at radius 2 is 2.00 bits per heavy atom. The third-order valence-electron chi connectivity index (χ3n) is 3.20. The molecule has 1 N–H and O–H groups in total. The molecular weight excluding hydrogens is 192 g/mol. The monoisotopic (exact) mass is 210 g/mol. The first-order valence-corrected chi connectivity index (χ1v) is 5.68. The lowest BCUT2D eigenvalue weighted by Crippen LogP contribution is -2.12. The Bertz CT molecular complexity index is 314. The van der Waals surface area contributed by atoms with Crippen molar-refractivity contribution >= 4 is 0 Å². The highest BCUT2D eigenvalue weighted by atomic mass is 16.5. The standard InChI is InChI=1S/C11H18N2O2/c1-7-3-5-9(6-4-7)10-12-11(8(2)14)15-13-10/h7-9,14H,3-6H2,1-2H3. The molecule has 2 rings (SSSR count). The van der Waals surface area contributed by atoms with Gasteiger partial charge in [0.2, 0.25) is 0 Å². The molecule has 1 aromatic rings. The van der Waals surface area contributed by atoms with E-state index in [9.17, 15) is 5.11 Å². The van der Waals surface area contributed by atoms with Crippen molar-refractivity contribution in [1.82, 2.24) is 10.1 Å². The maximum absolute atomic E-state index is 9.28. The summed E-state index contributed by atoms with van der Waals surface area (Å²) in [6.07, 6.45) is 4.10. The molecule has 15 heavy (non-hydrogen) atoms. The first-order chi connectivity index (χ1) is 7.16. The fraction of sp³-hybridized carbons (Fsp3) is 0.818. The molecular formula is C11H18N2O2. The largest absolute Gasteiger partial charge is 0.384 e. The van der Waals surface area contributed by atoms with Crippen LogP contribution >= 0.6 is 0 Å². The van der Waals surface area contributed by atoms with Crippen molar-refractivity contribution in [2.24, 2.45) is 5.92 Å². The zero-order chi connectivity index (χ0) is 10.8. The number of hydrogen-bond donors (Lipinski definition) is 1. The van der Waals surface area contributed by atoms with Gasteiger partial charge in [-0.1, -0.05) is 24.9 Å². The van der Waals surface area contributed by atoms with Gasteiger partial charge in [-0.25, -0.2) is 0 Å². The van der Waals surface area contributed by atoms with Crippen molar-refractivity contribution in [1.29, 1.82) is 0 Å². The Morgan fingerprint density at radius 3 is 2.53 bits per heavy atom. The summed E-state index contributed by atoms with van der Waals surface area (Å²) in [5, 5.41) is 13.2. The second kappa shape index (κ2) is 4.31. The molecule has 1 heterocycles. The minimum atomic E-state index is -0.659. The molecule has 1 unspecified atom stereocenters. The van der Waals surface area contributed by atoms with Crippen molar-refractivity contribution in [3.05, 3.63) is 11.7 Å². The van der Waals surface area contributed by atoms with Gasteiger partial charge in [0.25, 0.3) is 5.89 Å². The second-order valence-corrected chi connectivity index (χ2v) is 4.62. The quantitative estimate of drug-likeness (QED) is 0.814. The third-order valence-corrected chi connectivity index (χ3v) is 3.20.